The topological polar surface area (TPSA) is 60.4 Å². The monoisotopic (exact) mass is 288 g/mol. The summed E-state index contributed by atoms with van der Waals surface area (Å²) >= 11 is 5.96. The minimum atomic E-state index is -3.29. The molecule has 4 nitrogen and oxygen atoms in total. The maximum Gasteiger partial charge on any atom is 0.154 e. The molecule has 0 aliphatic carbocycles. The highest BCUT2D eigenvalue weighted by Crippen LogP contribution is 2.33. The van der Waals surface area contributed by atoms with E-state index in [2.05, 4.69) is 0 Å². The second kappa shape index (κ2) is 4.90. The first-order valence-electron chi connectivity index (χ1n) is 5.49. The SMILES string of the molecule is CS(=O)(=O)CC(=O)Cc1cc(Cl)cc2c1OCC2. The second-order valence-corrected chi connectivity index (χ2v) is 7.01. The molecule has 2 rings (SSSR count). The smallest absolute Gasteiger partial charge is 0.154 e. The van der Waals surface area contributed by atoms with Crippen LogP contribution in [0.2, 0.25) is 5.02 Å². The van der Waals surface area contributed by atoms with Crippen LogP contribution >= 0.6 is 11.6 Å². The maximum atomic E-state index is 11.7. The summed E-state index contributed by atoms with van der Waals surface area (Å²) < 4.78 is 27.6. The van der Waals surface area contributed by atoms with E-state index in [4.69, 9.17) is 16.3 Å². The summed E-state index contributed by atoms with van der Waals surface area (Å²) in [6.07, 6.45) is 1.85. The van der Waals surface area contributed by atoms with Gasteiger partial charge in [-0.3, -0.25) is 4.79 Å². The van der Waals surface area contributed by atoms with Crippen molar-refractivity contribution in [2.45, 2.75) is 12.8 Å². The van der Waals surface area contributed by atoms with Crippen LogP contribution in [0.3, 0.4) is 0 Å². The van der Waals surface area contributed by atoms with Gasteiger partial charge in [0, 0.05) is 29.7 Å². The number of sulfone groups is 1. The van der Waals surface area contributed by atoms with Gasteiger partial charge in [-0.1, -0.05) is 11.6 Å². The van der Waals surface area contributed by atoms with E-state index >= 15 is 0 Å². The van der Waals surface area contributed by atoms with Crippen LogP contribution in [0.5, 0.6) is 5.75 Å². The molecule has 18 heavy (non-hydrogen) atoms. The van der Waals surface area contributed by atoms with E-state index in [1.807, 2.05) is 6.07 Å². The standard InChI is InChI=1S/C12H13ClO4S/c1-18(15,16)7-11(14)6-9-5-10(13)4-8-2-3-17-12(8)9/h4-5H,2-3,6-7H2,1H3. The number of halogens is 1. The third-order valence-electron chi connectivity index (χ3n) is 2.64. The molecule has 0 saturated heterocycles. The van der Waals surface area contributed by atoms with E-state index in [1.54, 1.807) is 6.07 Å². The van der Waals surface area contributed by atoms with Crippen molar-refractivity contribution < 1.29 is 17.9 Å². The van der Waals surface area contributed by atoms with Crippen LogP contribution in [0.4, 0.5) is 0 Å². The summed E-state index contributed by atoms with van der Waals surface area (Å²) in [5.74, 6) is -0.118. The predicted octanol–water partition coefficient (Wildman–Crippen LogP) is 1.43. The molecule has 0 bridgehead atoms. The van der Waals surface area contributed by atoms with Gasteiger partial charge in [-0.2, -0.15) is 0 Å². The Hall–Kier alpha value is -1.07. The van der Waals surface area contributed by atoms with Crippen molar-refractivity contribution in [2.75, 3.05) is 18.6 Å². The Bertz CT molecular complexity index is 592. The molecular formula is C12H13ClO4S. The normalized spacial score (nSPS) is 14.1. The molecular weight excluding hydrogens is 276 g/mol. The molecule has 1 aromatic carbocycles. The van der Waals surface area contributed by atoms with Crippen LogP contribution in [-0.2, 0) is 27.5 Å². The molecule has 0 spiro atoms. The minimum Gasteiger partial charge on any atom is -0.493 e. The summed E-state index contributed by atoms with van der Waals surface area (Å²) in [5, 5.41) is 0.543. The first kappa shape index (κ1) is 13.4. The average molecular weight is 289 g/mol. The van der Waals surface area contributed by atoms with E-state index in [0.29, 0.717) is 22.9 Å². The minimum absolute atomic E-state index is 0.0377. The molecule has 1 aliphatic rings. The molecule has 98 valence electrons. The highest BCUT2D eigenvalue weighted by Gasteiger charge is 2.20. The summed E-state index contributed by atoms with van der Waals surface area (Å²) in [5.41, 5.74) is 1.65. The summed E-state index contributed by atoms with van der Waals surface area (Å²) in [6, 6.07) is 3.47. The van der Waals surface area contributed by atoms with Crippen molar-refractivity contribution in [1.29, 1.82) is 0 Å². The van der Waals surface area contributed by atoms with Gasteiger partial charge < -0.3 is 4.74 Å². The van der Waals surface area contributed by atoms with Crippen LogP contribution in [0, 0.1) is 0 Å². The van der Waals surface area contributed by atoms with E-state index in [0.717, 1.165) is 18.2 Å². The number of carbonyl (C=O) groups excluding carboxylic acids is 1. The number of carbonyl (C=O) groups is 1. The fraction of sp³-hybridized carbons (Fsp3) is 0.417. The maximum absolute atomic E-state index is 11.7. The molecule has 1 heterocycles. The van der Waals surface area contributed by atoms with Gasteiger partial charge in [-0.15, -0.1) is 0 Å². The Morgan fingerprint density at radius 2 is 2.17 bits per heavy atom. The predicted molar refractivity (Wildman–Crippen MR) is 69.1 cm³/mol. The second-order valence-electron chi connectivity index (χ2n) is 4.44. The van der Waals surface area contributed by atoms with Crippen molar-refractivity contribution in [1.82, 2.24) is 0 Å². The Labute approximate surface area is 111 Å². The zero-order chi connectivity index (χ0) is 13.3. The quantitative estimate of drug-likeness (QED) is 0.841. The van der Waals surface area contributed by atoms with Gasteiger partial charge in [0.25, 0.3) is 0 Å². The van der Waals surface area contributed by atoms with Crippen molar-refractivity contribution >= 4 is 27.2 Å². The fourth-order valence-electron chi connectivity index (χ4n) is 2.03. The van der Waals surface area contributed by atoms with Crippen LogP contribution < -0.4 is 4.74 Å². The number of benzene rings is 1. The van der Waals surface area contributed by atoms with Gasteiger partial charge in [0.05, 0.1) is 6.61 Å². The molecule has 0 amide bonds. The fourth-order valence-corrected chi connectivity index (χ4v) is 2.98. The lowest BCUT2D eigenvalue weighted by Gasteiger charge is -2.08. The Morgan fingerprint density at radius 3 is 2.83 bits per heavy atom. The lowest BCUT2D eigenvalue weighted by atomic mass is 10.0. The van der Waals surface area contributed by atoms with Crippen molar-refractivity contribution in [3.63, 3.8) is 0 Å². The molecule has 0 aromatic heterocycles. The molecule has 1 aliphatic heterocycles. The molecule has 0 unspecified atom stereocenters. The van der Waals surface area contributed by atoms with E-state index in [1.165, 1.54) is 0 Å². The number of ether oxygens (including phenoxy) is 1. The van der Waals surface area contributed by atoms with Crippen LogP contribution in [0.1, 0.15) is 11.1 Å². The average Bonchev–Trinajstić information content (AvgIpc) is 2.61. The highest BCUT2D eigenvalue weighted by molar-refractivity contribution is 7.91. The Balaban J connectivity index is 2.22. The van der Waals surface area contributed by atoms with Gasteiger partial charge >= 0.3 is 0 Å². The van der Waals surface area contributed by atoms with Crippen molar-refractivity contribution in [3.8, 4) is 5.75 Å². The number of rotatable bonds is 4. The Morgan fingerprint density at radius 1 is 1.44 bits per heavy atom. The number of fused-ring (bicyclic) bond motifs is 1. The van der Waals surface area contributed by atoms with Gasteiger partial charge in [0.15, 0.2) is 15.6 Å². The molecule has 0 fully saturated rings. The van der Waals surface area contributed by atoms with Crippen LogP contribution in [-0.4, -0.2) is 32.8 Å². The van der Waals surface area contributed by atoms with Crippen LogP contribution in [0.15, 0.2) is 12.1 Å². The van der Waals surface area contributed by atoms with Crippen molar-refractivity contribution in [3.05, 3.63) is 28.3 Å². The highest BCUT2D eigenvalue weighted by atomic mass is 35.5. The molecule has 0 atom stereocenters. The molecule has 0 N–H and O–H groups in total. The third kappa shape index (κ3) is 3.23. The number of ketones is 1. The molecule has 0 radical (unpaired) electrons. The molecule has 0 saturated carbocycles. The third-order valence-corrected chi connectivity index (χ3v) is 3.70. The molecule has 6 heteroatoms. The van der Waals surface area contributed by atoms with Gasteiger partial charge in [0.1, 0.15) is 11.5 Å². The van der Waals surface area contributed by atoms with Crippen LogP contribution in [0.25, 0.3) is 0 Å². The van der Waals surface area contributed by atoms with E-state index in [9.17, 15) is 13.2 Å². The number of hydrogen-bond acceptors (Lipinski definition) is 4. The van der Waals surface area contributed by atoms with Gasteiger partial charge in [0.2, 0.25) is 0 Å². The van der Waals surface area contributed by atoms with E-state index in [-0.39, 0.29) is 12.2 Å². The summed E-state index contributed by atoms with van der Waals surface area (Å²) in [4.78, 5) is 11.7. The first-order valence-corrected chi connectivity index (χ1v) is 7.92. The number of hydrogen-bond donors (Lipinski definition) is 0. The lowest BCUT2D eigenvalue weighted by Crippen LogP contribution is -2.16. The van der Waals surface area contributed by atoms with Crippen molar-refractivity contribution in [2.24, 2.45) is 0 Å². The van der Waals surface area contributed by atoms with E-state index < -0.39 is 15.6 Å². The lowest BCUT2D eigenvalue weighted by molar-refractivity contribution is -0.116. The zero-order valence-corrected chi connectivity index (χ0v) is 11.5. The largest absolute Gasteiger partial charge is 0.493 e. The van der Waals surface area contributed by atoms with Gasteiger partial charge in [-0.25, -0.2) is 8.42 Å². The molecule has 1 aromatic rings. The van der Waals surface area contributed by atoms with Gasteiger partial charge in [-0.05, 0) is 17.7 Å². The number of Topliss-reactive ketones (excluding diaryl/α,β-unsaturated/α-hetero) is 1. The first-order chi connectivity index (χ1) is 8.35. The summed E-state index contributed by atoms with van der Waals surface area (Å²) in [7, 11) is -3.29. The zero-order valence-electron chi connectivity index (χ0n) is 9.90. The summed E-state index contributed by atoms with van der Waals surface area (Å²) in [6.45, 7) is 0.572. The Kier molecular flexibility index (Phi) is 3.64.